The van der Waals surface area contributed by atoms with Crippen molar-refractivity contribution in [2.24, 2.45) is 5.73 Å². The predicted molar refractivity (Wildman–Crippen MR) is 239 cm³/mol. The lowest BCUT2D eigenvalue weighted by atomic mass is 9.85. The van der Waals surface area contributed by atoms with E-state index in [9.17, 15) is 8.42 Å². The summed E-state index contributed by atoms with van der Waals surface area (Å²) in [6.45, 7) is 22.7. The van der Waals surface area contributed by atoms with Gasteiger partial charge in [-0.15, -0.1) is 0 Å². The lowest BCUT2D eigenvalue weighted by molar-refractivity contribution is 0.216. The largest absolute Gasteiger partial charge is 0.502 e. The molecule has 16 heteroatoms. The third-order valence-corrected chi connectivity index (χ3v) is 12.0. The van der Waals surface area contributed by atoms with E-state index in [4.69, 9.17) is 42.1 Å². The molecule has 2 aliphatic rings. The Morgan fingerprint density at radius 2 is 1.27 bits per heavy atom. The highest BCUT2D eigenvalue weighted by Gasteiger charge is 2.28. The number of rotatable bonds is 13. The van der Waals surface area contributed by atoms with Crippen molar-refractivity contribution >= 4 is 21.4 Å². The Morgan fingerprint density at radius 3 is 1.78 bits per heavy atom. The molecule has 0 radical (unpaired) electrons. The Kier molecular flexibility index (Phi) is 14.0. The van der Waals surface area contributed by atoms with Gasteiger partial charge in [0.15, 0.2) is 0 Å². The number of ether oxygens (including phenoxy) is 3. The smallest absolute Gasteiger partial charge is 0.256 e. The van der Waals surface area contributed by atoms with Gasteiger partial charge in [0, 0.05) is 41.4 Å². The second-order valence-corrected chi connectivity index (χ2v) is 17.8. The van der Waals surface area contributed by atoms with Gasteiger partial charge in [-0.3, -0.25) is 0 Å². The van der Waals surface area contributed by atoms with Crippen LogP contribution in [-0.4, -0.2) is 60.4 Å². The molecule has 0 amide bonds. The molecule has 8 rings (SSSR count). The molecule has 0 unspecified atom stereocenters. The van der Waals surface area contributed by atoms with E-state index >= 15 is 0 Å². The number of nitrogens with one attached hydrogen (secondary N) is 1. The van der Waals surface area contributed by atoms with Gasteiger partial charge in [0.05, 0.1) is 37.7 Å². The van der Waals surface area contributed by atoms with Crippen LogP contribution in [0.1, 0.15) is 87.7 Å². The molecule has 2 heterocycles. The molecule has 3 N–H and O–H groups in total. The minimum atomic E-state index is -3.47. The average molecular weight is 871 g/mol. The first-order chi connectivity index (χ1) is 30.4. The third-order valence-electron chi connectivity index (χ3n) is 10.7. The molecule has 326 valence electrons. The van der Waals surface area contributed by atoms with Crippen molar-refractivity contribution < 1.29 is 31.7 Å². The Hall–Kier alpha value is -6.43. The average Bonchev–Trinajstić information content (AvgIpc) is 3.97. The highest BCUT2D eigenvalue weighted by Crippen LogP contribution is 2.39. The van der Waals surface area contributed by atoms with Crippen LogP contribution in [-0.2, 0) is 27.6 Å². The monoisotopic (exact) mass is 870 g/mol. The molecule has 0 bridgehead atoms. The van der Waals surface area contributed by atoms with E-state index in [2.05, 4.69) is 40.8 Å². The van der Waals surface area contributed by atoms with Crippen molar-refractivity contribution in [2.45, 2.75) is 90.5 Å². The van der Waals surface area contributed by atoms with Crippen LogP contribution in [0.2, 0.25) is 0 Å². The summed E-state index contributed by atoms with van der Waals surface area (Å²) in [7, 11) is -1.99. The van der Waals surface area contributed by atoms with E-state index in [1.54, 1.807) is 30.3 Å². The van der Waals surface area contributed by atoms with Gasteiger partial charge in [-0.05, 0) is 125 Å². The zero-order valence-corrected chi connectivity index (χ0v) is 36.7. The van der Waals surface area contributed by atoms with E-state index < -0.39 is 10.0 Å². The molecule has 0 fully saturated rings. The van der Waals surface area contributed by atoms with E-state index in [0.29, 0.717) is 63.9 Å². The molecule has 4 aromatic carbocycles. The predicted octanol–water partition coefficient (Wildman–Crippen LogP) is 9.76. The lowest BCUT2D eigenvalue weighted by Crippen LogP contribution is -2.34. The highest BCUT2D eigenvalue weighted by molar-refractivity contribution is 7.89. The maximum absolute atomic E-state index is 12.5. The van der Waals surface area contributed by atoms with Crippen LogP contribution in [0.15, 0.2) is 81.8 Å². The van der Waals surface area contributed by atoms with Crippen LogP contribution < -0.4 is 19.9 Å². The van der Waals surface area contributed by atoms with Gasteiger partial charge >= 0.3 is 0 Å². The Bertz CT molecular complexity index is 2770. The fourth-order valence-electron chi connectivity index (χ4n) is 7.83. The molecule has 15 nitrogen and oxygen atoms in total. The molecule has 6 aromatic rings. The molecule has 2 aromatic heterocycles. The summed E-state index contributed by atoms with van der Waals surface area (Å²) in [6, 6.07) is 22.1. The summed E-state index contributed by atoms with van der Waals surface area (Å²) < 4.78 is 55.1. The summed E-state index contributed by atoms with van der Waals surface area (Å²) in [5, 5.41) is 8.37. The first-order valence-electron chi connectivity index (χ1n) is 20.9. The summed E-state index contributed by atoms with van der Waals surface area (Å²) in [5.41, 5.74) is 14.5. The van der Waals surface area contributed by atoms with Crippen molar-refractivity contribution in [1.82, 2.24) is 25.0 Å². The van der Waals surface area contributed by atoms with E-state index in [-0.39, 0.29) is 36.7 Å². The summed E-state index contributed by atoms with van der Waals surface area (Å²) in [5.74, 6) is 2.63. The first kappa shape index (κ1) is 44.6. The molecule has 0 saturated carbocycles. The molecular weight excluding hydrogens is 821 g/mol. The second kappa shape index (κ2) is 19.7. The molecule has 0 aliphatic heterocycles. The molecular formula is C47H50N8O7S. The van der Waals surface area contributed by atoms with Gasteiger partial charge in [0.2, 0.25) is 33.0 Å². The van der Waals surface area contributed by atoms with Crippen LogP contribution in [0.5, 0.6) is 11.5 Å². The van der Waals surface area contributed by atoms with Gasteiger partial charge in [-0.2, -0.15) is 9.97 Å². The highest BCUT2D eigenvalue weighted by atomic mass is 32.2. The van der Waals surface area contributed by atoms with Gasteiger partial charge in [-0.25, -0.2) is 22.8 Å². The van der Waals surface area contributed by atoms with Crippen molar-refractivity contribution in [3.05, 3.63) is 118 Å². The van der Waals surface area contributed by atoms with Crippen molar-refractivity contribution in [2.75, 3.05) is 19.5 Å². The molecule has 0 spiro atoms. The van der Waals surface area contributed by atoms with E-state index in [1.165, 1.54) is 18.2 Å². The van der Waals surface area contributed by atoms with Crippen LogP contribution in [0.25, 0.3) is 55.4 Å². The van der Waals surface area contributed by atoms with Crippen LogP contribution in [0.4, 0.5) is 11.4 Å². The third kappa shape index (κ3) is 10.4. The van der Waals surface area contributed by atoms with Gasteiger partial charge in [-0.1, -0.05) is 46.7 Å². The number of benzene rings is 4. The van der Waals surface area contributed by atoms with Gasteiger partial charge < -0.3 is 29.0 Å². The summed E-state index contributed by atoms with van der Waals surface area (Å²) in [6.07, 6.45) is 5.30. The number of aromatic nitrogens is 4. The van der Waals surface area contributed by atoms with Crippen molar-refractivity contribution in [3.63, 3.8) is 0 Å². The number of fused-ring (bicyclic) bond motifs is 2. The molecule has 2 aliphatic carbocycles. The number of hydrogen-bond acceptors (Lipinski definition) is 12. The quantitative estimate of drug-likeness (QED) is 0.105. The van der Waals surface area contributed by atoms with Gasteiger partial charge in [0.25, 0.3) is 11.8 Å². The Morgan fingerprint density at radius 1 is 0.762 bits per heavy atom. The summed E-state index contributed by atoms with van der Waals surface area (Å²) >= 11 is 0. The zero-order chi connectivity index (χ0) is 44.7. The van der Waals surface area contributed by atoms with E-state index in [0.717, 1.165) is 54.4 Å². The SMILES string of the molecule is [C-]#[N+]c1cc(-c2nc(-c3cccc4c3CCC[C@H]4N)no2)ccc1OC(C)C.[C-]#[N+]c1cc(-c2nc(-c3cccc4c3CCC[C@H]4NS(=O)(=O)CCOC)no2)ccc1OC(C)C. The lowest BCUT2D eigenvalue weighted by Gasteiger charge is -2.27. The fraction of sp³-hybridized carbons (Fsp3) is 0.362. The second-order valence-electron chi connectivity index (χ2n) is 15.9. The number of sulfonamides is 1. The van der Waals surface area contributed by atoms with Crippen LogP contribution in [0, 0.1) is 13.1 Å². The standard InChI is InChI=1S/C25H28N4O5S.C22H22N4O2/c1-16(2)33-23-12-11-17(15-22(23)26-3)25-27-24(28-34-25)20-9-5-8-19-18(20)7-6-10-21(19)29-35(30,31)14-13-32-4;1-13(2)27-20-11-10-14(12-19(20)24-3)22-25-21(26-28-22)17-8-4-7-16-15(17)6-5-9-18(16)23/h5,8-9,11-12,15-16,21,29H,6-7,10,13-14H2,1-2,4H3;4,7-8,10-13,18H,5-6,9,23H2,1-2H3/t21-;18-/m11/s1. The molecule has 63 heavy (non-hydrogen) atoms. The number of nitrogens with two attached hydrogens (primary N) is 1. The zero-order valence-electron chi connectivity index (χ0n) is 35.9. The van der Waals surface area contributed by atoms with Gasteiger partial charge in [0.1, 0.15) is 11.5 Å². The fourth-order valence-corrected chi connectivity index (χ4v) is 9.01. The number of methoxy groups -OCH3 is 1. The normalized spacial score (nSPS) is 15.7. The molecule has 0 saturated heterocycles. The Balaban J connectivity index is 0.000000193. The Labute approximate surface area is 367 Å². The topological polar surface area (TPSA) is 186 Å². The minimum absolute atomic E-state index is 0.00279. The summed E-state index contributed by atoms with van der Waals surface area (Å²) in [4.78, 5) is 16.3. The van der Waals surface area contributed by atoms with E-state index in [1.807, 2.05) is 64.1 Å². The minimum Gasteiger partial charge on any atom is -0.502 e. The van der Waals surface area contributed by atoms with Crippen molar-refractivity contribution in [1.29, 1.82) is 0 Å². The maximum Gasteiger partial charge on any atom is 0.256 e. The first-order valence-corrected chi connectivity index (χ1v) is 22.6. The number of hydrogen-bond donors (Lipinski definition) is 2. The van der Waals surface area contributed by atoms with Crippen molar-refractivity contribution in [3.8, 4) is 57.2 Å². The van der Waals surface area contributed by atoms with Crippen LogP contribution >= 0.6 is 0 Å². The molecule has 2 atom stereocenters. The maximum atomic E-state index is 12.5. The van der Waals surface area contributed by atoms with Crippen LogP contribution in [0.3, 0.4) is 0 Å². The number of nitrogens with zero attached hydrogens (tertiary/aromatic N) is 6.